The first-order valence-electron chi connectivity index (χ1n) is 8.81. The number of methoxy groups -OCH3 is 1. The first-order valence-corrected chi connectivity index (χ1v) is 8.81. The van der Waals surface area contributed by atoms with Gasteiger partial charge in [-0.1, -0.05) is 12.1 Å². The molecule has 2 heterocycles. The highest BCUT2D eigenvalue weighted by atomic mass is 16.5. The van der Waals surface area contributed by atoms with Crippen molar-refractivity contribution in [1.82, 2.24) is 19.8 Å². The maximum atomic E-state index is 5.43. The number of hydrogen-bond acceptors (Lipinski definition) is 4. The highest BCUT2D eigenvalue weighted by Gasteiger charge is 2.17. The monoisotopic (exact) mass is 328 g/mol. The molecule has 0 radical (unpaired) electrons. The van der Waals surface area contributed by atoms with Crippen molar-refractivity contribution >= 4 is 0 Å². The van der Waals surface area contributed by atoms with Gasteiger partial charge in [0.1, 0.15) is 11.6 Å². The number of rotatable bonds is 5. The molecule has 0 amide bonds. The van der Waals surface area contributed by atoms with E-state index in [0.717, 1.165) is 49.0 Å². The van der Waals surface area contributed by atoms with Crippen LogP contribution in [0.4, 0.5) is 0 Å². The summed E-state index contributed by atoms with van der Waals surface area (Å²) in [6, 6.07) is 8.62. The number of nitrogens with zero attached hydrogens (tertiary/aromatic N) is 3. The third-order valence-electron chi connectivity index (χ3n) is 4.74. The van der Waals surface area contributed by atoms with Gasteiger partial charge in [-0.15, -0.1) is 0 Å². The van der Waals surface area contributed by atoms with Crippen LogP contribution >= 0.6 is 0 Å². The molecule has 1 fully saturated rings. The minimum Gasteiger partial charge on any atom is -0.496 e. The SMILES string of the molecule is COc1ccccc1-c1ncc(CN2CCCN(C(C)C)CC2)[nH]1. The lowest BCUT2D eigenvalue weighted by molar-refractivity contribution is 0.217. The Bertz CT molecular complexity index is 652. The van der Waals surface area contributed by atoms with Gasteiger partial charge < -0.3 is 9.72 Å². The fourth-order valence-electron chi connectivity index (χ4n) is 3.32. The fraction of sp³-hybridized carbons (Fsp3) is 0.526. The summed E-state index contributed by atoms with van der Waals surface area (Å²) in [5.41, 5.74) is 2.17. The summed E-state index contributed by atoms with van der Waals surface area (Å²) >= 11 is 0. The summed E-state index contributed by atoms with van der Waals surface area (Å²) in [6.07, 6.45) is 3.18. The van der Waals surface area contributed by atoms with Crippen molar-refractivity contribution in [3.8, 4) is 17.1 Å². The van der Waals surface area contributed by atoms with Gasteiger partial charge in [0.05, 0.1) is 12.7 Å². The van der Waals surface area contributed by atoms with Gasteiger partial charge in [-0.2, -0.15) is 0 Å². The lowest BCUT2D eigenvalue weighted by Gasteiger charge is -2.24. The Labute approximate surface area is 144 Å². The summed E-state index contributed by atoms with van der Waals surface area (Å²) in [6.45, 7) is 10.1. The van der Waals surface area contributed by atoms with E-state index in [0.29, 0.717) is 6.04 Å². The third-order valence-corrected chi connectivity index (χ3v) is 4.74. The highest BCUT2D eigenvalue weighted by Crippen LogP contribution is 2.27. The van der Waals surface area contributed by atoms with Gasteiger partial charge in [-0.25, -0.2) is 4.98 Å². The molecule has 2 aromatic rings. The van der Waals surface area contributed by atoms with Gasteiger partial charge in [0.25, 0.3) is 0 Å². The molecular weight excluding hydrogens is 300 g/mol. The number of imidazole rings is 1. The molecule has 1 aromatic carbocycles. The lowest BCUT2D eigenvalue weighted by Crippen LogP contribution is -2.34. The van der Waals surface area contributed by atoms with Crippen LogP contribution in [0.3, 0.4) is 0 Å². The van der Waals surface area contributed by atoms with E-state index in [1.165, 1.54) is 13.0 Å². The van der Waals surface area contributed by atoms with Crippen LogP contribution < -0.4 is 4.74 Å². The molecule has 130 valence electrons. The summed E-state index contributed by atoms with van der Waals surface area (Å²) in [5.74, 6) is 1.72. The van der Waals surface area contributed by atoms with E-state index in [1.54, 1.807) is 7.11 Å². The topological polar surface area (TPSA) is 44.4 Å². The number of ether oxygens (including phenoxy) is 1. The van der Waals surface area contributed by atoms with Gasteiger partial charge in [0, 0.05) is 37.6 Å². The number of para-hydroxylation sites is 1. The van der Waals surface area contributed by atoms with Crippen LogP contribution in [0.5, 0.6) is 5.75 Å². The Morgan fingerprint density at radius 2 is 2.00 bits per heavy atom. The zero-order valence-corrected chi connectivity index (χ0v) is 15.0. The smallest absolute Gasteiger partial charge is 0.141 e. The van der Waals surface area contributed by atoms with Crippen LogP contribution in [-0.4, -0.2) is 59.1 Å². The highest BCUT2D eigenvalue weighted by molar-refractivity contribution is 5.64. The molecule has 0 saturated carbocycles. The molecule has 5 nitrogen and oxygen atoms in total. The normalized spacial score (nSPS) is 17.2. The largest absolute Gasteiger partial charge is 0.496 e. The summed E-state index contributed by atoms with van der Waals surface area (Å²) in [7, 11) is 1.69. The maximum Gasteiger partial charge on any atom is 0.141 e. The molecule has 3 rings (SSSR count). The number of benzene rings is 1. The molecule has 1 saturated heterocycles. The number of nitrogens with one attached hydrogen (secondary N) is 1. The summed E-state index contributed by atoms with van der Waals surface area (Å²) in [5, 5.41) is 0. The van der Waals surface area contributed by atoms with E-state index >= 15 is 0 Å². The second-order valence-corrected chi connectivity index (χ2v) is 6.72. The molecule has 0 atom stereocenters. The van der Waals surface area contributed by atoms with E-state index in [1.807, 2.05) is 30.5 Å². The minimum absolute atomic E-state index is 0.634. The van der Waals surface area contributed by atoms with Crippen molar-refractivity contribution in [2.45, 2.75) is 32.9 Å². The van der Waals surface area contributed by atoms with Gasteiger partial charge in [0.15, 0.2) is 0 Å². The zero-order valence-electron chi connectivity index (χ0n) is 15.0. The molecule has 1 N–H and O–H groups in total. The number of hydrogen-bond donors (Lipinski definition) is 1. The van der Waals surface area contributed by atoms with E-state index in [2.05, 4.69) is 33.6 Å². The Balaban J connectivity index is 1.66. The van der Waals surface area contributed by atoms with Gasteiger partial charge in [-0.3, -0.25) is 9.80 Å². The minimum atomic E-state index is 0.634. The van der Waals surface area contributed by atoms with E-state index in [-0.39, 0.29) is 0 Å². The Morgan fingerprint density at radius 3 is 2.79 bits per heavy atom. The molecule has 0 bridgehead atoms. The molecule has 1 aliphatic heterocycles. The van der Waals surface area contributed by atoms with Crippen LogP contribution in [0.1, 0.15) is 26.0 Å². The number of aromatic nitrogens is 2. The predicted molar refractivity (Wildman–Crippen MR) is 97.2 cm³/mol. The molecule has 1 aliphatic rings. The Kier molecular flexibility index (Phi) is 5.53. The molecule has 5 heteroatoms. The zero-order chi connectivity index (χ0) is 16.9. The Hall–Kier alpha value is -1.85. The second kappa shape index (κ2) is 7.81. The van der Waals surface area contributed by atoms with Gasteiger partial charge in [-0.05, 0) is 45.5 Å². The standard InChI is InChI=1S/C19H28N4O/c1-15(2)23-10-6-9-22(11-12-23)14-16-13-20-19(21-16)17-7-4-5-8-18(17)24-3/h4-5,7-8,13,15H,6,9-12,14H2,1-3H3,(H,20,21). The van der Waals surface area contributed by atoms with Crippen molar-refractivity contribution in [2.75, 3.05) is 33.3 Å². The van der Waals surface area contributed by atoms with Crippen LogP contribution in [-0.2, 0) is 6.54 Å². The fourth-order valence-corrected chi connectivity index (χ4v) is 3.32. The number of H-pyrrole nitrogens is 1. The third kappa shape index (κ3) is 3.97. The molecule has 0 aliphatic carbocycles. The summed E-state index contributed by atoms with van der Waals surface area (Å²) < 4.78 is 5.43. The van der Waals surface area contributed by atoms with E-state index < -0.39 is 0 Å². The predicted octanol–water partition coefficient (Wildman–Crippen LogP) is 3.00. The van der Waals surface area contributed by atoms with Crippen LogP contribution in [0.15, 0.2) is 30.5 Å². The molecule has 0 unspecified atom stereocenters. The van der Waals surface area contributed by atoms with Crippen LogP contribution in [0.25, 0.3) is 11.4 Å². The number of aromatic amines is 1. The van der Waals surface area contributed by atoms with Crippen LogP contribution in [0.2, 0.25) is 0 Å². The van der Waals surface area contributed by atoms with Crippen molar-refractivity contribution in [3.05, 3.63) is 36.2 Å². The second-order valence-electron chi connectivity index (χ2n) is 6.72. The van der Waals surface area contributed by atoms with Crippen molar-refractivity contribution in [1.29, 1.82) is 0 Å². The summed E-state index contributed by atoms with van der Waals surface area (Å²) in [4.78, 5) is 13.1. The van der Waals surface area contributed by atoms with Crippen molar-refractivity contribution in [3.63, 3.8) is 0 Å². The first-order chi connectivity index (χ1) is 11.7. The Morgan fingerprint density at radius 1 is 1.17 bits per heavy atom. The van der Waals surface area contributed by atoms with Gasteiger partial charge >= 0.3 is 0 Å². The van der Waals surface area contributed by atoms with E-state index in [4.69, 9.17) is 4.74 Å². The maximum absolute atomic E-state index is 5.43. The van der Waals surface area contributed by atoms with E-state index in [9.17, 15) is 0 Å². The lowest BCUT2D eigenvalue weighted by atomic mass is 10.2. The molecular formula is C19H28N4O. The molecule has 0 spiro atoms. The molecule has 24 heavy (non-hydrogen) atoms. The first kappa shape index (κ1) is 17.0. The average molecular weight is 328 g/mol. The van der Waals surface area contributed by atoms with Crippen molar-refractivity contribution in [2.24, 2.45) is 0 Å². The van der Waals surface area contributed by atoms with Crippen molar-refractivity contribution < 1.29 is 4.74 Å². The average Bonchev–Trinajstić information content (AvgIpc) is 2.92. The van der Waals surface area contributed by atoms with Gasteiger partial charge in [0.2, 0.25) is 0 Å². The molecule has 1 aromatic heterocycles. The van der Waals surface area contributed by atoms with Crippen LogP contribution in [0, 0.1) is 0 Å². The quantitative estimate of drug-likeness (QED) is 0.916.